The summed E-state index contributed by atoms with van der Waals surface area (Å²) in [6, 6.07) is 5.61. The van der Waals surface area contributed by atoms with Gasteiger partial charge in [-0.3, -0.25) is 4.98 Å². The zero-order valence-corrected chi connectivity index (χ0v) is 19.4. The van der Waals surface area contributed by atoms with Gasteiger partial charge in [-0.25, -0.2) is 15.0 Å². The van der Waals surface area contributed by atoms with Gasteiger partial charge in [0.15, 0.2) is 0 Å². The van der Waals surface area contributed by atoms with Crippen molar-refractivity contribution in [1.82, 2.24) is 19.9 Å². The highest BCUT2D eigenvalue weighted by Gasteiger charge is 2.35. The smallest absolute Gasteiger partial charge is 0.451 e. The molecule has 0 atom stereocenters. The Morgan fingerprint density at radius 2 is 1.74 bits per heavy atom. The molecule has 1 saturated carbocycles. The Kier molecular flexibility index (Phi) is 6.59. The van der Waals surface area contributed by atoms with Gasteiger partial charge in [-0.15, -0.1) is 0 Å². The van der Waals surface area contributed by atoms with E-state index in [-0.39, 0.29) is 23.7 Å². The van der Waals surface area contributed by atoms with Crippen molar-refractivity contribution in [2.75, 3.05) is 36.5 Å². The molecular formula is C24H27F3N6O2. The maximum absolute atomic E-state index is 13.1. The van der Waals surface area contributed by atoms with Crippen LogP contribution in [0.4, 0.5) is 24.7 Å². The summed E-state index contributed by atoms with van der Waals surface area (Å²) in [6.07, 6.45) is 1.76. The fraction of sp³-hybridized carbons (Fsp3) is 0.500. The van der Waals surface area contributed by atoms with Crippen molar-refractivity contribution in [2.24, 2.45) is 0 Å². The number of anilines is 2. The molecule has 5 rings (SSSR count). The summed E-state index contributed by atoms with van der Waals surface area (Å²) < 4.78 is 51.1. The molecule has 3 heterocycles. The van der Waals surface area contributed by atoms with Gasteiger partial charge in [-0.2, -0.15) is 13.2 Å². The molecule has 186 valence electrons. The van der Waals surface area contributed by atoms with Crippen LogP contribution in [0.2, 0.25) is 0 Å². The molecule has 8 nitrogen and oxygen atoms in total. The second-order valence-electron chi connectivity index (χ2n) is 8.92. The first kappa shape index (κ1) is 23.5. The summed E-state index contributed by atoms with van der Waals surface area (Å²) in [5.74, 6) is -0.214. The summed E-state index contributed by atoms with van der Waals surface area (Å²) in [6.45, 7) is 4.51. The Bertz CT molecular complexity index is 1180. The first-order chi connectivity index (χ1) is 16.8. The van der Waals surface area contributed by atoms with Gasteiger partial charge in [0.2, 0.25) is 5.82 Å². The molecule has 0 spiro atoms. The minimum absolute atomic E-state index is 0.0152. The van der Waals surface area contributed by atoms with Gasteiger partial charge < -0.3 is 19.7 Å². The van der Waals surface area contributed by atoms with Gasteiger partial charge in [-0.1, -0.05) is 0 Å². The summed E-state index contributed by atoms with van der Waals surface area (Å²) in [5.41, 5.74) is 2.81. The number of morpholine rings is 1. The van der Waals surface area contributed by atoms with Gasteiger partial charge in [0, 0.05) is 55.0 Å². The molecule has 1 aliphatic carbocycles. The number of rotatable bonds is 5. The van der Waals surface area contributed by atoms with Crippen LogP contribution in [-0.2, 0) is 10.9 Å². The molecule has 35 heavy (non-hydrogen) atoms. The Morgan fingerprint density at radius 1 is 1.00 bits per heavy atom. The number of aromatic nitrogens is 4. The van der Waals surface area contributed by atoms with Crippen LogP contribution in [0.1, 0.15) is 37.2 Å². The average molecular weight is 489 g/mol. The third kappa shape index (κ3) is 5.55. The van der Waals surface area contributed by atoms with Crippen molar-refractivity contribution in [3.63, 3.8) is 0 Å². The van der Waals surface area contributed by atoms with Gasteiger partial charge in [0.05, 0.1) is 24.8 Å². The highest BCUT2D eigenvalue weighted by Crippen LogP contribution is 2.33. The van der Waals surface area contributed by atoms with Crippen molar-refractivity contribution in [2.45, 2.75) is 50.9 Å². The van der Waals surface area contributed by atoms with E-state index in [0.717, 1.165) is 55.5 Å². The second-order valence-corrected chi connectivity index (χ2v) is 8.92. The lowest BCUT2D eigenvalue weighted by Crippen LogP contribution is -2.36. The van der Waals surface area contributed by atoms with E-state index >= 15 is 0 Å². The number of alkyl halides is 3. The van der Waals surface area contributed by atoms with E-state index in [1.807, 2.05) is 12.1 Å². The van der Waals surface area contributed by atoms with E-state index in [1.165, 1.54) is 6.92 Å². The molecule has 2 aromatic heterocycles. The third-order valence-corrected chi connectivity index (χ3v) is 6.33. The zero-order valence-electron chi connectivity index (χ0n) is 19.4. The van der Waals surface area contributed by atoms with Crippen LogP contribution in [0.3, 0.4) is 0 Å². The normalized spacial score (nSPS) is 21.2. The standard InChI is InChI=1S/C24H27F3N6O2/c1-15-12-21(32-23(30-15)24(25,26)27)31-16-2-4-18(5-3-16)35-20-14-17(33-8-10-34-11-9-33)13-19-22(20)29-7-6-28-19/h6-7,12-14,16,18H,2-5,8-11H2,1H3,(H,30,31,32)/t16-,18+. The monoisotopic (exact) mass is 488 g/mol. The quantitative estimate of drug-likeness (QED) is 0.566. The summed E-state index contributed by atoms with van der Waals surface area (Å²) >= 11 is 0. The molecule has 3 aromatic rings. The molecule has 1 saturated heterocycles. The molecule has 0 bridgehead atoms. The van der Waals surface area contributed by atoms with Crippen molar-refractivity contribution < 1.29 is 22.6 Å². The average Bonchev–Trinajstić information content (AvgIpc) is 2.85. The Balaban J connectivity index is 1.26. The van der Waals surface area contributed by atoms with Crippen LogP contribution in [0.25, 0.3) is 11.0 Å². The molecule has 1 aromatic carbocycles. The fourth-order valence-electron chi connectivity index (χ4n) is 4.61. The SMILES string of the molecule is Cc1cc(N[C@H]2CC[C@@H](Oc3cc(N4CCOCC4)cc4nccnc34)CC2)nc(C(F)(F)F)n1. The molecule has 1 N–H and O–H groups in total. The number of halogens is 3. The lowest BCUT2D eigenvalue weighted by atomic mass is 9.93. The minimum Gasteiger partial charge on any atom is -0.488 e. The lowest BCUT2D eigenvalue weighted by Gasteiger charge is -2.31. The third-order valence-electron chi connectivity index (χ3n) is 6.33. The molecule has 2 fully saturated rings. The highest BCUT2D eigenvalue weighted by atomic mass is 19.4. The molecule has 1 aliphatic heterocycles. The predicted octanol–water partition coefficient (Wildman–Crippen LogP) is 4.39. The highest BCUT2D eigenvalue weighted by molar-refractivity contribution is 5.85. The van der Waals surface area contributed by atoms with Crippen LogP contribution in [-0.4, -0.2) is 58.4 Å². The number of benzene rings is 1. The van der Waals surface area contributed by atoms with Crippen LogP contribution >= 0.6 is 0 Å². The number of aryl methyl sites for hydroxylation is 1. The van der Waals surface area contributed by atoms with E-state index < -0.39 is 12.0 Å². The van der Waals surface area contributed by atoms with E-state index in [9.17, 15) is 13.2 Å². The zero-order chi connectivity index (χ0) is 24.4. The molecule has 2 aliphatic rings. The fourth-order valence-corrected chi connectivity index (χ4v) is 4.61. The van der Waals surface area contributed by atoms with E-state index in [2.05, 4.69) is 30.2 Å². The maximum atomic E-state index is 13.1. The molecule has 0 amide bonds. The van der Waals surface area contributed by atoms with Crippen LogP contribution in [0, 0.1) is 6.92 Å². The molecular weight excluding hydrogens is 461 g/mol. The molecule has 11 heteroatoms. The van der Waals surface area contributed by atoms with Gasteiger partial charge in [0.25, 0.3) is 0 Å². The molecule has 0 radical (unpaired) electrons. The second kappa shape index (κ2) is 9.80. The van der Waals surface area contributed by atoms with Gasteiger partial charge in [0.1, 0.15) is 17.1 Å². The Hall–Kier alpha value is -3.21. The lowest BCUT2D eigenvalue weighted by molar-refractivity contribution is -0.145. The van der Waals surface area contributed by atoms with Crippen LogP contribution in [0.15, 0.2) is 30.6 Å². The minimum atomic E-state index is -4.57. The van der Waals surface area contributed by atoms with Crippen molar-refractivity contribution in [3.8, 4) is 5.75 Å². The van der Waals surface area contributed by atoms with E-state index in [1.54, 1.807) is 18.5 Å². The Morgan fingerprint density at radius 3 is 2.49 bits per heavy atom. The van der Waals surface area contributed by atoms with Crippen molar-refractivity contribution >= 4 is 22.5 Å². The first-order valence-electron chi connectivity index (χ1n) is 11.8. The number of nitrogens with one attached hydrogen (secondary N) is 1. The van der Waals surface area contributed by atoms with Crippen molar-refractivity contribution in [1.29, 1.82) is 0 Å². The van der Waals surface area contributed by atoms with Crippen LogP contribution in [0.5, 0.6) is 5.75 Å². The largest absolute Gasteiger partial charge is 0.488 e. The van der Waals surface area contributed by atoms with E-state index in [0.29, 0.717) is 19.0 Å². The van der Waals surface area contributed by atoms with Gasteiger partial charge in [-0.05, 0) is 38.7 Å². The number of nitrogens with zero attached hydrogens (tertiary/aromatic N) is 5. The van der Waals surface area contributed by atoms with Crippen LogP contribution < -0.4 is 15.0 Å². The predicted molar refractivity (Wildman–Crippen MR) is 125 cm³/mol. The first-order valence-corrected chi connectivity index (χ1v) is 11.8. The van der Waals surface area contributed by atoms with Crippen molar-refractivity contribution in [3.05, 3.63) is 42.1 Å². The summed E-state index contributed by atoms with van der Waals surface area (Å²) in [4.78, 5) is 18.4. The number of ether oxygens (including phenoxy) is 2. The Labute approximate surface area is 200 Å². The topological polar surface area (TPSA) is 85.3 Å². The summed E-state index contributed by atoms with van der Waals surface area (Å²) in [5, 5.41) is 3.15. The summed E-state index contributed by atoms with van der Waals surface area (Å²) in [7, 11) is 0. The number of hydrogen-bond donors (Lipinski definition) is 1. The molecule has 0 unspecified atom stereocenters. The van der Waals surface area contributed by atoms with Gasteiger partial charge >= 0.3 is 6.18 Å². The number of fused-ring (bicyclic) bond motifs is 1. The van der Waals surface area contributed by atoms with E-state index in [4.69, 9.17) is 9.47 Å². The maximum Gasteiger partial charge on any atom is 0.451 e. The number of hydrogen-bond acceptors (Lipinski definition) is 8.